The van der Waals surface area contributed by atoms with Gasteiger partial charge in [0.1, 0.15) is 11.6 Å². The van der Waals surface area contributed by atoms with Crippen LogP contribution in [0.4, 0.5) is 14.9 Å². The molecule has 1 aliphatic heterocycles. The fourth-order valence-corrected chi connectivity index (χ4v) is 3.15. The van der Waals surface area contributed by atoms with Crippen molar-refractivity contribution in [2.45, 2.75) is 25.5 Å². The molecule has 7 heteroatoms. The molecule has 0 saturated heterocycles. The summed E-state index contributed by atoms with van der Waals surface area (Å²) >= 11 is 0. The van der Waals surface area contributed by atoms with Gasteiger partial charge < -0.3 is 15.4 Å². The van der Waals surface area contributed by atoms with Crippen molar-refractivity contribution in [2.24, 2.45) is 0 Å². The van der Waals surface area contributed by atoms with Crippen LogP contribution < -0.4 is 15.4 Å². The van der Waals surface area contributed by atoms with Crippen LogP contribution in [0.3, 0.4) is 0 Å². The van der Waals surface area contributed by atoms with Crippen LogP contribution in [0.15, 0.2) is 42.6 Å². The second-order valence-electron chi connectivity index (χ2n) is 6.13. The number of aromatic amines is 1. The van der Waals surface area contributed by atoms with Crippen molar-refractivity contribution in [2.75, 3.05) is 5.32 Å². The van der Waals surface area contributed by atoms with Gasteiger partial charge in [-0.3, -0.25) is 5.10 Å². The molecule has 0 aliphatic carbocycles. The van der Waals surface area contributed by atoms with Gasteiger partial charge in [-0.1, -0.05) is 6.07 Å². The molecule has 1 aromatic heterocycles. The molecule has 2 aromatic carbocycles. The van der Waals surface area contributed by atoms with E-state index in [9.17, 15) is 9.18 Å². The number of hydrogen-bond acceptors (Lipinski definition) is 3. The lowest BCUT2D eigenvalue weighted by Gasteiger charge is -2.31. The highest BCUT2D eigenvalue weighted by Crippen LogP contribution is 2.35. The number of anilines is 1. The normalized spacial score (nSPS) is 19.1. The third-order valence-corrected chi connectivity index (χ3v) is 4.28. The Labute approximate surface area is 143 Å². The fraction of sp³-hybridized carbons (Fsp3) is 0.222. The number of nitrogens with zero attached hydrogens (tertiary/aromatic N) is 1. The number of fused-ring (bicyclic) bond motifs is 2. The van der Waals surface area contributed by atoms with Gasteiger partial charge in [0.15, 0.2) is 0 Å². The lowest BCUT2D eigenvalue weighted by atomic mass is 9.97. The van der Waals surface area contributed by atoms with E-state index in [1.165, 1.54) is 12.1 Å². The number of aromatic nitrogens is 2. The molecule has 0 radical (unpaired) electrons. The fourth-order valence-electron chi connectivity index (χ4n) is 3.15. The predicted molar refractivity (Wildman–Crippen MR) is 92.1 cm³/mol. The standard InChI is InChI=1S/C18H17FN4O2/c1-10-7-16(12-8-11(19)5-6-17(12)25-10)22-18(24)21-14-3-2-4-15-13(14)9-20-23-15/h2-6,8-10,16H,7H2,1H3,(H,20,23)(H2,21,22,24). The van der Waals surface area contributed by atoms with Gasteiger partial charge in [-0.2, -0.15) is 5.10 Å². The molecule has 2 heterocycles. The Hall–Kier alpha value is -3.09. The molecule has 3 N–H and O–H groups in total. The monoisotopic (exact) mass is 340 g/mol. The van der Waals surface area contributed by atoms with E-state index >= 15 is 0 Å². The number of hydrogen-bond donors (Lipinski definition) is 3. The number of H-pyrrole nitrogens is 1. The molecule has 128 valence electrons. The summed E-state index contributed by atoms with van der Waals surface area (Å²) in [5.74, 6) is 0.245. The van der Waals surface area contributed by atoms with E-state index in [4.69, 9.17) is 4.74 Å². The van der Waals surface area contributed by atoms with Crippen molar-refractivity contribution in [3.8, 4) is 5.75 Å². The molecule has 6 nitrogen and oxygen atoms in total. The molecule has 0 saturated carbocycles. The van der Waals surface area contributed by atoms with Gasteiger partial charge >= 0.3 is 6.03 Å². The Morgan fingerprint density at radius 2 is 2.24 bits per heavy atom. The summed E-state index contributed by atoms with van der Waals surface area (Å²) in [7, 11) is 0. The number of carbonyl (C=O) groups excluding carboxylic acids is 1. The molecule has 0 spiro atoms. The van der Waals surface area contributed by atoms with Gasteiger partial charge in [-0.25, -0.2) is 9.18 Å². The predicted octanol–water partition coefficient (Wildman–Crippen LogP) is 3.74. The van der Waals surface area contributed by atoms with Crippen molar-refractivity contribution >= 4 is 22.6 Å². The number of carbonyl (C=O) groups is 1. The quantitative estimate of drug-likeness (QED) is 0.665. The summed E-state index contributed by atoms with van der Waals surface area (Å²) in [6, 6.07) is 9.19. The summed E-state index contributed by atoms with van der Waals surface area (Å²) in [5.41, 5.74) is 2.14. The highest BCUT2D eigenvalue weighted by molar-refractivity contribution is 6.00. The zero-order chi connectivity index (χ0) is 17.4. The van der Waals surface area contributed by atoms with Gasteiger partial charge in [-0.15, -0.1) is 0 Å². The third-order valence-electron chi connectivity index (χ3n) is 4.28. The van der Waals surface area contributed by atoms with Crippen molar-refractivity contribution in [1.29, 1.82) is 0 Å². The van der Waals surface area contributed by atoms with Crippen molar-refractivity contribution in [1.82, 2.24) is 15.5 Å². The first kappa shape index (κ1) is 15.4. The zero-order valence-electron chi connectivity index (χ0n) is 13.5. The highest BCUT2D eigenvalue weighted by Gasteiger charge is 2.27. The second kappa shape index (κ2) is 6.08. The number of nitrogens with one attached hydrogen (secondary N) is 3. The number of urea groups is 1. The third kappa shape index (κ3) is 3.00. The number of benzene rings is 2. The number of rotatable bonds is 2. The first-order valence-corrected chi connectivity index (χ1v) is 8.06. The lowest BCUT2D eigenvalue weighted by Crippen LogP contribution is -2.37. The minimum absolute atomic E-state index is 0.0689. The maximum Gasteiger partial charge on any atom is 0.319 e. The van der Waals surface area contributed by atoms with Gasteiger partial charge in [-0.05, 0) is 37.3 Å². The van der Waals surface area contributed by atoms with E-state index in [-0.39, 0.29) is 24.0 Å². The molecule has 0 bridgehead atoms. The van der Waals surface area contributed by atoms with E-state index in [1.807, 2.05) is 19.1 Å². The van der Waals surface area contributed by atoms with Crippen LogP contribution in [0, 0.1) is 5.82 Å². The Morgan fingerprint density at radius 3 is 3.12 bits per heavy atom. The molecule has 25 heavy (non-hydrogen) atoms. The van der Waals surface area contributed by atoms with E-state index in [1.54, 1.807) is 18.3 Å². The van der Waals surface area contributed by atoms with Crippen molar-refractivity contribution in [3.63, 3.8) is 0 Å². The number of amides is 2. The van der Waals surface area contributed by atoms with Crippen LogP contribution in [0.1, 0.15) is 24.9 Å². The van der Waals surface area contributed by atoms with Crippen LogP contribution in [-0.2, 0) is 0 Å². The smallest absolute Gasteiger partial charge is 0.319 e. The average Bonchev–Trinajstić information content (AvgIpc) is 3.05. The van der Waals surface area contributed by atoms with Crippen LogP contribution in [-0.4, -0.2) is 22.3 Å². The summed E-state index contributed by atoms with van der Waals surface area (Å²) in [6.45, 7) is 1.92. The minimum atomic E-state index is -0.358. The summed E-state index contributed by atoms with van der Waals surface area (Å²) in [5, 5.41) is 13.4. The number of halogens is 1. The highest BCUT2D eigenvalue weighted by atomic mass is 19.1. The minimum Gasteiger partial charge on any atom is -0.490 e. The summed E-state index contributed by atoms with van der Waals surface area (Å²) in [6.07, 6.45) is 2.16. The van der Waals surface area contributed by atoms with Crippen molar-refractivity contribution < 1.29 is 13.9 Å². The van der Waals surface area contributed by atoms with Gasteiger partial charge in [0.2, 0.25) is 0 Å². The first-order chi connectivity index (χ1) is 12.1. The molecule has 4 rings (SSSR count). The molecule has 3 aromatic rings. The van der Waals surface area contributed by atoms with E-state index in [2.05, 4.69) is 20.8 Å². The number of ether oxygens (including phenoxy) is 1. The average molecular weight is 340 g/mol. The molecule has 0 fully saturated rings. The molecule has 2 atom stereocenters. The second-order valence-corrected chi connectivity index (χ2v) is 6.13. The maximum atomic E-state index is 13.6. The van der Waals surface area contributed by atoms with Crippen LogP contribution in [0.2, 0.25) is 0 Å². The van der Waals surface area contributed by atoms with E-state index in [0.717, 1.165) is 10.9 Å². The van der Waals surface area contributed by atoms with E-state index < -0.39 is 0 Å². The van der Waals surface area contributed by atoms with Crippen molar-refractivity contribution in [3.05, 3.63) is 54.0 Å². The lowest BCUT2D eigenvalue weighted by molar-refractivity contribution is 0.167. The summed E-state index contributed by atoms with van der Waals surface area (Å²) < 4.78 is 19.3. The van der Waals surface area contributed by atoms with Gasteiger partial charge in [0.25, 0.3) is 0 Å². The van der Waals surface area contributed by atoms with Crippen LogP contribution in [0.5, 0.6) is 5.75 Å². The molecule has 2 amide bonds. The Balaban J connectivity index is 1.55. The SMILES string of the molecule is CC1CC(NC(=O)Nc2cccc3[nH]ncc23)c2cc(F)ccc2O1. The Kier molecular flexibility index (Phi) is 3.76. The van der Waals surface area contributed by atoms with Gasteiger partial charge in [0.05, 0.1) is 29.5 Å². The molecular formula is C18H17FN4O2. The largest absolute Gasteiger partial charge is 0.490 e. The molecule has 1 aliphatic rings. The van der Waals surface area contributed by atoms with Gasteiger partial charge in [0, 0.05) is 17.4 Å². The Morgan fingerprint density at radius 1 is 1.36 bits per heavy atom. The summed E-state index contributed by atoms with van der Waals surface area (Å²) in [4.78, 5) is 12.5. The topological polar surface area (TPSA) is 79.0 Å². The maximum absolute atomic E-state index is 13.6. The first-order valence-electron chi connectivity index (χ1n) is 8.06. The van der Waals surface area contributed by atoms with E-state index in [0.29, 0.717) is 23.4 Å². The molecular weight excluding hydrogens is 323 g/mol. The Bertz CT molecular complexity index is 940. The van der Waals surface area contributed by atoms with Crippen LogP contribution in [0.25, 0.3) is 10.9 Å². The zero-order valence-corrected chi connectivity index (χ0v) is 13.5. The molecule has 2 unspecified atom stereocenters. The van der Waals surface area contributed by atoms with Crippen LogP contribution >= 0.6 is 0 Å².